The molecule has 0 aliphatic rings. The van der Waals surface area contributed by atoms with E-state index in [-0.39, 0.29) is 22.0 Å². The lowest BCUT2D eigenvalue weighted by molar-refractivity contribution is 0.446. The minimum absolute atomic E-state index is 0.154. The third-order valence-corrected chi connectivity index (χ3v) is 14.9. The lowest BCUT2D eigenvalue weighted by Crippen LogP contribution is -2.17. The first-order chi connectivity index (χ1) is 33.3. The highest BCUT2D eigenvalue weighted by atomic mass is 32.1. The number of nitrogens with zero attached hydrogens (tertiary/aromatic N) is 3. The summed E-state index contributed by atoms with van der Waals surface area (Å²) in [5.41, 5.74) is 17.5. The molecule has 0 saturated heterocycles. The first-order valence-electron chi connectivity index (χ1n) is 24.6. The minimum Gasteiger partial charge on any atom is -0.507 e. The van der Waals surface area contributed by atoms with Crippen molar-refractivity contribution in [2.24, 2.45) is 0 Å². The summed E-state index contributed by atoms with van der Waals surface area (Å²) >= 11 is 1.81. The van der Waals surface area contributed by atoms with E-state index in [0.717, 1.165) is 61.4 Å². The Kier molecular flexibility index (Phi) is 11.8. The van der Waals surface area contributed by atoms with Crippen LogP contribution >= 0.6 is 11.3 Å². The molecule has 0 aliphatic heterocycles. The van der Waals surface area contributed by atoms with Crippen LogP contribution in [0.3, 0.4) is 0 Å². The van der Waals surface area contributed by atoms with Crippen LogP contribution in [0.2, 0.25) is 0 Å². The zero-order valence-corrected chi connectivity index (χ0v) is 43.3. The van der Waals surface area contributed by atoms with E-state index < -0.39 is 0 Å². The predicted molar refractivity (Wildman–Crippen MR) is 299 cm³/mol. The number of thiophene rings is 1. The van der Waals surface area contributed by atoms with Crippen molar-refractivity contribution in [1.82, 2.24) is 14.5 Å². The van der Waals surface area contributed by atoms with Gasteiger partial charge in [0.25, 0.3) is 0 Å². The first kappa shape index (κ1) is 46.6. The van der Waals surface area contributed by atoms with E-state index in [1.165, 1.54) is 42.8 Å². The van der Waals surface area contributed by atoms with Gasteiger partial charge in [-0.3, -0.25) is 9.55 Å². The van der Waals surface area contributed by atoms with Crippen molar-refractivity contribution in [2.75, 3.05) is 0 Å². The summed E-state index contributed by atoms with van der Waals surface area (Å²) in [5, 5.41) is 13.7. The molecule has 4 nitrogen and oxygen atoms in total. The van der Waals surface area contributed by atoms with Gasteiger partial charge < -0.3 is 5.11 Å². The second kappa shape index (κ2) is 17.7. The Morgan fingerprint density at radius 2 is 1.16 bits per heavy atom. The van der Waals surface area contributed by atoms with Gasteiger partial charge in [-0.1, -0.05) is 197 Å². The SMILES string of the molecule is CC(C)c1cc(-c2ccccc2)ccc1-c1cc2cc(-c3cc(-c4cccc5c4nc(-c4cc(C(C)(C)C)cc(C(C)(C)C)c4O)n5-c4ccccc4-c4ccccc4)cc(C(C)(C)C)c3)ncc2s1. The molecular weight excluding hydrogens is 871 g/mol. The van der Waals surface area contributed by atoms with Gasteiger partial charge in [-0.15, -0.1) is 11.3 Å². The highest BCUT2D eigenvalue weighted by Crippen LogP contribution is 2.46. The molecule has 3 aromatic heterocycles. The van der Waals surface area contributed by atoms with Gasteiger partial charge in [0, 0.05) is 33.3 Å². The van der Waals surface area contributed by atoms with E-state index in [1.54, 1.807) is 0 Å². The number of hydrogen-bond donors (Lipinski definition) is 1. The van der Waals surface area contributed by atoms with Crippen LogP contribution in [0.15, 0.2) is 170 Å². The molecule has 0 aliphatic carbocycles. The van der Waals surface area contributed by atoms with Crippen LogP contribution in [0.25, 0.3) is 93.3 Å². The average molecular weight is 934 g/mol. The van der Waals surface area contributed by atoms with E-state index in [9.17, 15) is 5.11 Å². The molecule has 0 atom stereocenters. The molecule has 10 rings (SSSR count). The average Bonchev–Trinajstić information content (AvgIpc) is 3.95. The smallest absolute Gasteiger partial charge is 0.149 e. The predicted octanol–water partition coefficient (Wildman–Crippen LogP) is 18.4. The third kappa shape index (κ3) is 8.77. The molecule has 0 bridgehead atoms. The summed E-state index contributed by atoms with van der Waals surface area (Å²) in [5.74, 6) is 1.32. The van der Waals surface area contributed by atoms with Crippen LogP contribution < -0.4 is 0 Å². The molecule has 7 aromatic carbocycles. The van der Waals surface area contributed by atoms with Crippen molar-refractivity contribution >= 4 is 32.5 Å². The van der Waals surface area contributed by atoms with Gasteiger partial charge in [-0.05, 0) is 115 Å². The largest absolute Gasteiger partial charge is 0.507 e. The lowest BCUT2D eigenvalue weighted by Gasteiger charge is -2.27. The lowest BCUT2D eigenvalue weighted by atomic mass is 9.79. The van der Waals surface area contributed by atoms with E-state index in [4.69, 9.17) is 9.97 Å². The molecule has 10 aromatic rings. The quantitative estimate of drug-likeness (QED) is 0.165. The number of imidazole rings is 1. The molecule has 0 amide bonds. The third-order valence-electron chi connectivity index (χ3n) is 13.8. The molecule has 350 valence electrons. The minimum atomic E-state index is -0.319. The number of benzene rings is 7. The normalized spacial score (nSPS) is 12.4. The highest BCUT2D eigenvalue weighted by Gasteiger charge is 2.30. The van der Waals surface area contributed by atoms with Crippen LogP contribution in [-0.2, 0) is 16.2 Å². The van der Waals surface area contributed by atoms with Crippen molar-refractivity contribution in [2.45, 2.75) is 98.3 Å². The molecular formula is C65H63N3OS. The van der Waals surface area contributed by atoms with Crippen molar-refractivity contribution in [3.05, 3.63) is 192 Å². The van der Waals surface area contributed by atoms with Crippen LogP contribution in [0, 0.1) is 0 Å². The fourth-order valence-electron chi connectivity index (χ4n) is 9.77. The maximum Gasteiger partial charge on any atom is 0.149 e. The topological polar surface area (TPSA) is 50.9 Å². The van der Waals surface area contributed by atoms with Gasteiger partial charge in [0.15, 0.2) is 0 Å². The Morgan fingerprint density at radius 3 is 1.84 bits per heavy atom. The Balaban J connectivity index is 1.17. The Labute approximate surface area is 418 Å². The molecule has 0 saturated carbocycles. The van der Waals surface area contributed by atoms with E-state index in [0.29, 0.717) is 17.3 Å². The Morgan fingerprint density at radius 1 is 0.514 bits per heavy atom. The molecule has 0 radical (unpaired) electrons. The molecule has 1 N–H and O–H groups in total. The Bertz CT molecular complexity index is 3570. The summed E-state index contributed by atoms with van der Waals surface area (Å²) in [7, 11) is 0. The van der Waals surface area contributed by atoms with E-state index in [2.05, 4.69) is 251 Å². The number of rotatable bonds is 8. The van der Waals surface area contributed by atoms with Crippen LogP contribution in [0.1, 0.15) is 104 Å². The van der Waals surface area contributed by atoms with Gasteiger partial charge in [0.2, 0.25) is 0 Å². The first-order valence-corrected chi connectivity index (χ1v) is 25.5. The fourth-order valence-corrected chi connectivity index (χ4v) is 10.8. The van der Waals surface area contributed by atoms with E-state index >= 15 is 0 Å². The van der Waals surface area contributed by atoms with Crippen molar-refractivity contribution in [1.29, 1.82) is 0 Å². The molecule has 70 heavy (non-hydrogen) atoms. The summed E-state index contributed by atoms with van der Waals surface area (Å²) in [6.45, 7) is 24.6. The Hall–Kier alpha value is -7.08. The highest BCUT2D eigenvalue weighted by molar-refractivity contribution is 7.22. The van der Waals surface area contributed by atoms with Crippen LogP contribution in [0.4, 0.5) is 0 Å². The van der Waals surface area contributed by atoms with Gasteiger partial charge >= 0.3 is 0 Å². The second-order valence-electron chi connectivity index (χ2n) is 22.3. The zero-order valence-electron chi connectivity index (χ0n) is 42.4. The summed E-state index contributed by atoms with van der Waals surface area (Å²) in [4.78, 5) is 12.1. The molecule has 5 heteroatoms. The number of aromatic hydroxyl groups is 1. The monoisotopic (exact) mass is 933 g/mol. The van der Waals surface area contributed by atoms with Crippen molar-refractivity contribution in [3.8, 4) is 77.9 Å². The summed E-state index contributed by atoms with van der Waals surface area (Å²) < 4.78 is 3.44. The van der Waals surface area contributed by atoms with Crippen molar-refractivity contribution in [3.63, 3.8) is 0 Å². The van der Waals surface area contributed by atoms with Gasteiger partial charge in [-0.2, -0.15) is 0 Å². The fraction of sp³-hybridized carbons (Fsp3) is 0.231. The van der Waals surface area contributed by atoms with Gasteiger partial charge in [-0.25, -0.2) is 4.98 Å². The van der Waals surface area contributed by atoms with Gasteiger partial charge in [0.1, 0.15) is 11.6 Å². The number of pyridine rings is 1. The number of aromatic nitrogens is 3. The number of hydrogen-bond acceptors (Lipinski definition) is 4. The number of fused-ring (bicyclic) bond motifs is 2. The number of phenols is 1. The maximum absolute atomic E-state index is 12.5. The molecule has 0 unspecified atom stereocenters. The van der Waals surface area contributed by atoms with E-state index in [1.807, 2.05) is 11.3 Å². The van der Waals surface area contributed by atoms with Crippen molar-refractivity contribution < 1.29 is 5.11 Å². The van der Waals surface area contributed by atoms with Gasteiger partial charge in [0.05, 0.1) is 32.7 Å². The summed E-state index contributed by atoms with van der Waals surface area (Å²) in [6.07, 6.45) is 2.05. The number of phenolic OH excluding ortho intramolecular Hbond substituents is 1. The standard InChI is InChI=1S/C65H63N3OS/c1-40(2)52-34-43(41-21-14-12-15-22-41)29-30-51(52)58-36-46-35-55(66-39-59(46)70-58)45-31-44(32-47(33-45)63(3,4)5)50-26-20-28-57-60(50)67-62(53-37-48(64(6,7)8)38-54(61(53)69)65(9,10)11)68(57)56-27-19-18-25-49(56)42-23-16-13-17-24-42/h12-40,69H,1-11H3. The summed E-state index contributed by atoms with van der Waals surface area (Å²) in [6, 6.07) is 59.1. The van der Waals surface area contributed by atoms with Crippen LogP contribution in [0.5, 0.6) is 5.75 Å². The zero-order chi connectivity index (χ0) is 49.3. The molecule has 3 heterocycles. The number of para-hydroxylation sites is 2. The molecule has 0 fully saturated rings. The van der Waals surface area contributed by atoms with Crippen LogP contribution in [-0.4, -0.2) is 19.6 Å². The maximum atomic E-state index is 12.5. The second-order valence-corrected chi connectivity index (χ2v) is 23.4. The molecule has 0 spiro atoms.